The van der Waals surface area contributed by atoms with Gasteiger partial charge in [-0.1, -0.05) is 32.9 Å². The van der Waals surface area contributed by atoms with Crippen molar-refractivity contribution in [2.75, 3.05) is 5.75 Å². The van der Waals surface area contributed by atoms with Crippen LogP contribution in [0.5, 0.6) is 0 Å². The molecule has 0 fully saturated rings. The van der Waals surface area contributed by atoms with Gasteiger partial charge in [-0.25, -0.2) is 0 Å². The molecule has 1 N–H and O–H groups in total. The molecule has 1 aromatic rings. The Labute approximate surface area is 110 Å². The number of aryl methyl sites for hydroxylation is 3. The first-order valence-corrected chi connectivity index (χ1v) is 7.09. The lowest BCUT2D eigenvalue weighted by Gasteiger charge is -2.21. The minimum atomic E-state index is -0.362. The second kappa shape index (κ2) is 5.45. The van der Waals surface area contributed by atoms with E-state index in [1.54, 1.807) is 11.8 Å². The van der Waals surface area contributed by atoms with Crippen LogP contribution in [-0.4, -0.2) is 15.6 Å². The molecule has 96 valence electrons. The van der Waals surface area contributed by atoms with Gasteiger partial charge in [0, 0.05) is 10.5 Å². The van der Waals surface area contributed by atoms with Gasteiger partial charge in [0.1, 0.15) is 0 Å². The normalized spacial score (nSPS) is 13.8. The summed E-state index contributed by atoms with van der Waals surface area (Å²) in [5, 5.41) is 10.3. The van der Waals surface area contributed by atoms with Crippen molar-refractivity contribution in [1.82, 2.24) is 0 Å². The number of hydrogen-bond acceptors (Lipinski definition) is 2. The molecule has 0 heterocycles. The predicted octanol–water partition coefficient (Wildman–Crippen LogP) is 4.18. The fraction of sp³-hybridized carbons (Fsp3) is 0.600. The van der Waals surface area contributed by atoms with Crippen LogP contribution in [-0.2, 0) is 0 Å². The number of rotatable bonds is 3. The average Bonchev–Trinajstić information content (AvgIpc) is 2.19. The zero-order chi connectivity index (χ0) is 13.2. The Kier molecular flexibility index (Phi) is 4.68. The van der Waals surface area contributed by atoms with Gasteiger partial charge in [-0.2, -0.15) is 11.8 Å². The van der Waals surface area contributed by atoms with E-state index in [9.17, 15) is 5.11 Å². The summed E-state index contributed by atoms with van der Waals surface area (Å²) < 4.78 is 0.203. The highest BCUT2D eigenvalue weighted by atomic mass is 32.2. The Hall–Kier alpha value is -0.470. The van der Waals surface area contributed by atoms with Crippen molar-refractivity contribution in [3.63, 3.8) is 0 Å². The van der Waals surface area contributed by atoms with E-state index >= 15 is 0 Å². The Balaban J connectivity index is 2.82. The first kappa shape index (κ1) is 14.6. The van der Waals surface area contributed by atoms with E-state index in [0.29, 0.717) is 0 Å². The highest BCUT2D eigenvalue weighted by molar-refractivity contribution is 8.00. The van der Waals surface area contributed by atoms with Crippen LogP contribution in [0.1, 0.15) is 49.1 Å². The van der Waals surface area contributed by atoms with Crippen LogP contribution in [0.15, 0.2) is 12.1 Å². The number of aliphatic hydroxyl groups is 1. The lowest BCUT2D eigenvalue weighted by molar-refractivity contribution is 0.203. The minimum absolute atomic E-state index is 0.203. The summed E-state index contributed by atoms with van der Waals surface area (Å²) in [5.41, 5.74) is 4.81. The van der Waals surface area contributed by atoms with Crippen molar-refractivity contribution in [2.24, 2.45) is 0 Å². The summed E-state index contributed by atoms with van der Waals surface area (Å²) in [6.07, 6.45) is -0.362. The van der Waals surface area contributed by atoms with Gasteiger partial charge in [0.2, 0.25) is 0 Å². The maximum absolute atomic E-state index is 10.3. The van der Waals surface area contributed by atoms with Gasteiger partial charge in [0.25, 0.3) is 0 Å². The monoisotopic (exact) mass is 252 g/mol. The van der Waals surface area contributed by atoms with E-state index < -0.39 is 0 Å². The van der Waals surface area contributed by atoms with Gasteiger partial charge >= 0.3 is 0 Å². The lowest BCUT2D eigenvalue weighted by atomic mass is 9.98. The SMILES string of the molecule is Cc1cc(C)c(C(O)CSC(C)(C)C)cc1C. The molecular formula is C15H24OS. The Morgan fingerprint density at radius 3 is 2.12 bits per heavy atom. The van der Waals surface area contributed by atoms with Crippen molar-refractivity contribution < 1.29 is 5.11 Å². The first-order valence-electron chi connectivity index (χ1n) is 6.10. The van der Waals surface area contributed by atoms with Gasteiger partial charge < -0.3 is 5.11 Å². The van der Waals surface area contributed by atoms with Crippen molar-refractivity contribution in [1.29, 1.82) is 0 Å². The molecule has 0 radical (unpaired) electrons. The number of benzene rings is 1. The molecule has 2 heteroatoms. The molecule has 0 saturated carbocycles. The molecule has 1 nitrogen and oxygen atoms in total. The van der Waals surface area contributed by atoms with Crippen molar-refractivity contribution in [3.8, 4) is 0 Å². The van der Waals surface area contributed by atoms with Gasteiger partial charge in [-0.05, 0) is 43.0 Å². The first-order chi connectivity index (χ1) is 7.70. The predicted molar refractivity (Wildman–Crippen MR) is 77.8 cm³/mol. The summed E-state index contributed by atoms with van der Waals surface area (Å²) in [5.74, 6) is 0.757. The van der Waals surface area contributed by atoms with E-state index in [2.05, 4.69) is 53.7 Å². The van der Waals surface area contributed by atoms with E-state index in [4.69, 9.17) is 0 Å². The van der Waals surface area contributed by atoms with Crippen molar-refractivity contribution >= 4 is 11.8 Å². The van der Waals surface area contributed by atoms with E-state index in [-0.39, 0.29) is 10.9 Å². The quantitative estimate of drug-likeness (QED) is 0.871. The Morgan fingerprint density at radius 2 is 1.59 bits per heavy atom. The fourth-order valence-electron chi connectivity index (χ4n) is 1.76. The van der Waals surface area contributed by atoms with Crippen LogP contribution < -0.4 is 0 Å². The Bertz CT molecular complexity index is 391. The smallest absolute Gasteiger partial charge is 0.0883 e. The largest absolute Gasteiger partial charge is 0.388 e. The molecule has 17 heavy (non-hydrogen) atoms. The summed E-state index contributed by atoms with van der Waals surface area (Å²) >= 11 is 1.81. The molecule has 0 aliphatic rings. The van der Waals surface area contributed by atoms with Gasteiger partial charge in [0.05, 0.1) is 6.10 Å². The fourth-order valence-corrected chi connectivity index (χ4v) is 2.60. The number of hydrogen-bond donors (Lipinski definition) is 1. The van der Waals surface area contributed by atoms with Crippen LogP contribution in [0.3, 0.4) is 0 Å². The summed E-state index contributed by atoms with van der Waals surface area (Å²) in [6.45, 7) is 12.8. The lowest BCUT2D eigenvalue weighted by Crippen LogP contribution is -2.13. The molecule has 1 aromatic carbocycles. The van der Waals surface area contributed by atoms with Crippen LogP contribution >= 0.6 is 11.8 Å². The molecule has 0 spiro atoms. The molecule has 1 atom stereocenters. The van der Waals surface area contributed by atoms with Crippen LogP contribution in [0.2, 0.25) is 0 Å². The molecule has 0 amide bonds. The van der Waals surface area contributed by atoms with E-state index in [1.807, 2.05) is 0 Å². The molecule has 0 aliphatic carbocycles. The molecule has 0 aliphatic heterocycles. The number of thioether (sulfide) groups is 1. The summed E-state index contributed by atoms with van der Waals surface area (Å²) in [6, 6.07) is 4.29. The third kappa shape index (κ3) is 4.36. The topological polar surface area (TPSA) is 20.2 Å². The molecule has 1 rings (SSSR count). The van der Waals surface area contributed by atoms with Crippen molar-refractivity contribution in [2.45, 2.75) is 52.4 Å². The van der Waals surface area contributed by atoms with Crippen molar-refractivity contribution in [3.05, 3.63) is 34.4 Å². The third-order valence-corrected chi connectivity index (χ3v) is 4.26. The minimum Gasteiger partial charge on any atom is -0.388 e. The zero-order valence-corrected chi connectivity index (χ0v) is 12.6. The molecular weight excluding hydrogens is 228 g/mol. The second-order valence-electron chi connectivity index (χ2n) is 5.73. The molecule has 0 saturated heterocycles. The van der Waals surface area contributed by atoms with Crippen LogP contribution in [0.4, 0.5) is 0 Å². The zero-order valence-electron chi connectivity index (χ0n) is 11.8. The molecule has 1 unspecified atom stereocenters. The average molecular weight is 252 g/mol. The summed E-state index contributed by atoms with van der Waals surface area (Å²) in [7, 11) is 0. The molecule has 0 aromatic heterocycles. The number of aliphatic hydroxyl groups excluding tert-OH is 1. The maximum Gasteiger partial charge on any atom is 0.0883 e. The van der Waals surface area contributed by atoms with Crippen LogP contribution in [0, 0.1) is 20.8 Å². The highest BCUT2D eigenvalue weighted by Crippen LogP contribution is 2.30. The van der Waals surface area contributed by atoms with E-state index in [0.717, 1.165) is 11.3 Å². The summed E-state index contributed by atoms with van der Waals surface area (Å²) in [4.78, 5) is 0. The van der Waals surface area contributed by atoms with Crippen LogP contribution in [0.25, 0.3) is 0 Å². The van der Waals surface area contributed by atoms with Gasteiger partial charge in [-0.3, -0.25) is 0 Å². The molecule has 0 bridgehead atoms. The standard InChI is InChI=1S/C15H24OS/c1-10-7-12(3)13(8-11(10)2)14(16)9-17-15(4,5)6/h7-8,14,16H,9H2,1-6H3. The third-order valence-electron chi connectivity index (χ3n) is 2.92. The second-order valence-corrected chi connectivity index (χ2v) is 7.58. The van der Waals surface area contributed by atoms with E-state index in [1.165, 1.54) is 16.7 Å². The van der Waals surface area contributed by atoms with Gasteiger partial charge in [0.15, 0.2) is 0 Å². The highest BCUT2D eigenvalue weighted by Gasteiger charge is 2.17. The van der Waals surface area contributed by atoms with Gasteiger partial charge in [-0.15, -0.1) is 0 Å². The maximum atomic E-state index is 10.3. The Morgan fingerprint density at radius 1 is 1.06 bits per heavy atom.